The van der Waals surface area contributed by atoms with Gasteiger partial charge in [0.25, 0.3) is 0 Å². The van der Waals surface area contributed by atoms with Crippen molar-refractivity contribution in [3.05, 3.63) is 72.1 Å². The predicted molar refractivity (Wildman–Crippen MR) is 120 cm³/mol. The van der Waals surface area contributed by atoms with E-state index in [-0.39, 0.29) is 10.9 Å². The summed E-state index contributed by atoms with van der Waals surface area (Å²) >= 11 is 0. The van der Waals surface area contributed by atoms with Crippen LogP contribution in [-0.2, 0) is 16.6 Å². The van der Waals surface area contributed by atoms with E-state index < -0.39 is 21.7 Å². The Morgan fingerprint density at radius 1 is 1.06 bits per heavy atom. The van der Waals surface area contributed by atoms with E-state index in [1.54, 1.807) is 30.6 Å². The lowest BCUT2D eigenvalue weighted by atomic mass is 10.1. The van der Waals surface area contributed by atoms with Gasteiger partial charge in [0.2, 0.25) is 10.0 Å². The highest BCUT2D eigenvalue weighted by molar-refractivity contribution is 7.89. The van der Waals surface area contributed by atoms with Crippen molar-refractivity contribution < 1.29 is 17.2 Å². The number of nitrogens with one attached hydrogen (secondary N) is 1. The number of aromatic nitrogens is 1. The molecule has 0 amide bonds. The highest BCUT2D eigenvalue weighted by Gasteiger charge is 2.23. The first-order chi connectivity index (χ1) is 15.3. The molecule has 1 fully saturated rings. The minimum absolute atomic E-state index is 0.246. The summed E-state index contributed by atoms with van der Waals surface area (Å²) in [5.74, 6) is -1.10. The fraction of sp³-hybridized carbons (Fsp3) is 0.348. The van der Waals surface area contributed by atoms with E-state index >= 15 is 0 Å². The zero-order valence-corrected chi connectivity index (χ0v) is 18.7. The summed E-state index contributed by atoms with van der Waals surface area (Å²) in [6.07, 6.45) is 3.23. The monoisotopic (exact) mass is 460 g/mol. The summed E-state index contributed by atoms with van der Waals surface area (Å²) in [5.41, 5.74) is 0.478. The number of pyridine rings is 1. The Morgan fingerprint density at radius 3 is 2.56 bits per heavy atom. The molecule has 32 heavy (non-hydrogen) atoms. The van der Waals surface area contributed by atoms with E-state index in [0.717, 1.165) is 37.6 Å². The first-order valence-corrected chi connectivity index (χ1v) is 12.0. The Balaban J connectivity index is 1.32. The number of piperazine rings is 1. The van der Waals surface area contributed by atoms with Gasteiger partial charge in [0.15, 0.2) is 0 Å². The minimum atomic E-state index is -3.68. The molecule has 3 aromatic rings. The number of hydrogen-bond acceptors (Lipinski definition) is 5. The molecule has 1 saturated heterocycles. The molecule has 1 atom stereocenters. The van der Waals surface area contributed by atoms with Gasteiger partial charge >= 0.3 is 0 Å². The zero-order chi connectivity index (χ0) is 22.7. The van der Waals surface area contributed by atoms with Gasteiger partial charge in [-0.1, -0.05) is 18.2 Å². The van der Waals surface area contributed by atoms with E-state index in [9.17, 15) is 17.2 Å². The van der Waals surface area contributed by atoms with E-state index in [0.29, 0.717) is 24.0 Å². The third-order valence-corrected chi connectivity index (χ3v) is 7.34. The van der Waals surface area contributed by atoms with Gasteiger partial charge in [0.05, 0.1) is 4.90 Å². The first-order valence-electron chi connectivity index (χ1n) is 10.6. The van der Waals surface area contributed by atoms with Gasteiger partial charge < -0.3 is 0 Å². The second-order valence-electron chi connectivity index (χ2n) is 8.19. The Hall–Kier alpha value is -2.46. The molecule has 1 N–H and O–H groups in total. The van der Waals surface area contributed by atoms with Gasteiger partial charge in [0.1, 0.15) is 11.6 Å². The van der Waals surface area contributed by atoms with Crippen LogP contribution < -0.4 is 4.72 Å². The van der Waals surface area contributed by atoms with E-state index in [2.05, 4.69) is 19.5 Å². The van der Waals surface area contributed by atoms with Crippen LogP contribution in [0.15, 0.2) is 59.8 Å². The Morgan fingerprint density at radius 2 is 1.81 bits per heavy atom. The fourth-order valence-electron chi connectivity index (χ4n) is 4.10. The standard InChI is InChI=1S/C23H26F2N4O2S/c1-17(27-32(30,31)23-4-2-3-18-14-26-8-7-21(18)23)15-28-9-11-29(12-10-28)16-19-5-6-20(24)13-22(19)25/h2-8,13-14,17,27H,9-12,15-16H2,1H3/t17-/m1/s1. The van der Waals surface area contributed by atoms with Crippen molar-refractivity contribution in [2.24, 2.45) is 0 Å². The molecule has 0 aliphatic carbocycles. The lowest BCUT2D eigenvalue weighted by Crippen LogP contribution is -2.50. The maximum Gasteiger partial charge on any atom is 0.241 e. The number of halogens is 2. The SMILES string of the molecule is C[C@H](CN1CCN(Cc2ccc(F)cc2F)CC1)NS(=O)(=O)c1cccc2cnccc12. The Bertz CT molecular complexity index is 1190. The topological polar surface area (TPSA) is 65.5 Å². The number of rotatable bonds is 7. The molecule has 170 valence electrons. The molecule has 1 aromatic heterocycles. The van der Waals surface area contributed by atoms with Crippen molar-refractivity contribution in [1.29, 1.82) is 0 Å². The summed E-state index contributed by atoms with van der Waals surface area (Å²) in [4.78, 5) is 8.61. The number of fused-ring (bicyclic) bond motifs is 1. The van der Waals surface area contributed by atoms with Gasteiger partial charge in [-0.05, 0) is 25.1 Å². The van der Waals surface area contributed by atoms with Gasteiger partial charge in [0, 0.05) is 80.1 Å². The second-order valence-corrected chi connectivity index (χ2v) is 9.87. The van der Waals surface area contributed by atoms with Crippen LogP contribution in [0.4, 0.5) is 8.78 Å². The maximum atomic E-state index is 13.9. The quantitative estimate of drug-likeness (QED) is 0.587. The fourth-order valence-corrected chi connectivity index (χ4v) is 5.57. The molecule has 1 aliphatic heterocycles. The summed E-state index contributed by atoms with van der Waals surface area (Å²) in [6, 6.07) is 10.2. The van der Waals surface area contributed by atoms with Crippen LogP contribution in [0, 0.1) is 11.6 Å². The molecule has 1 aliphatic rings. The molecular weight excluding hydrogens is 434 g/mol. The van der Waals surface area contributed by atoms with Gasteiger partial charge in [-0.3, -0.25) is 14.8 Å². The molecule has 0 bridgehead atoms. The van der Waals surface area contributed by atoms with E-state index in [1.165, 1.54) is 12.1 Å². The van der Waals surface area contributed by atoms with E-state index in [1.807, 2.05) is 13.0 Å². The third-order valence-electron chi connectivity index (χ3n) is 5.69. The predicted octanol–water partition coefficient (Wildman–Crippen LogP) is 3.00. The van der Waals surface area contributed by atoms with Crippen LogP contribution >= 0.6 is 0 Å². The molecule has 0 unspecified atom stereocenters. The number of hydrogen-bond donors (Lipinski definition) is 1. The van der Waals surface area contributed by atoms with Crippen molar-refractivity contribution in [2.45, 2.75) is 24.4 Å². The second kappa shape index (κ2) is 9.58. The van der Waals surface area contributed by atoms with Crippen molar-refractivity contribution in [2.75, 3.05) is 32.7 Å². The molecule has 2 heterocycles. The van der Waals surface area contributed by atoms with Crippen LogP contribution in [0.25, 0.3) is 10.8 Å². The van der Waals surface area contributed by atoms with Crippen molar-refractivity contribution in [3.63, 3.8) is 0 Å². The molecule has 2 aromatic carbocycles. The van der Waals surface area contributed by atoms with Gasteiger partial charge in [-0.15, -0.1) is 0 Å². The Kier molecular flexibility index (Phi) is 6.80. The Labute approximate surface area is 186 Å². The molecular formula is C23H26F2N4O2S. The number of sulfonamides is 1. The average molecular weight is 461 g/mol. The van der Waals surface area contributed by atoms with Gasteiger partial charge in [-0.25, -0.2) is 21.9 Å². The van der Waals surface area contributed by atoms with Crippen LogP contribution in [0.1, 0.15) is 12.5 Å². The smallest absolute Gasteiger partial charge is 0.241 e. The molecule has 0 spiro atoms. The molecule has 9 heteroatoms. The maximum absolute atomic E-state index is 13.9. The molecule has 0 radical (unpaired) electrons. The van der Waals surface area contributed by atoms with Crippen LogP contribution in [0.5, 0.6) is 0 Å². The summed E-state index contributed by atoms with van der Waals surface area (Å²) in [7, 11) is -3.68. The number of benzene rings is 2. The highest BCUT2D eigenvalue weighted by atomic mass is 32.2. The molecule has 0 saturated carbocycles. The van der Waals surface area contributed by atoms with Crippen LogP contribution in [0.3, 0.4) is 0 Å². The number of nitrogens with zero attached hydrogens (tertiary/aromatic N) is 3. The van der Waals surface area contributed by atoms with E-state index in [4.69, 9.17) is 0 Å². The highest BCUT2D eigenvalue weighted by Crippen LogP contribution is 2.22. The lowest BCUT2D eigenvalue weighted by molar-refractivity contribution is 0.121. The van der Waals surface area contributed by atoms with Crippen molar-refractivity contribution in [1.82, 2.24) is 19.5 Å². The normalized spacial score (nSPS) is 17.0. The molecule has 6 nitrogen and oxygen atoms in total. The van der Waals surface area contributed by atoms with Crippen molar-refractivity contribution in [3.8, 4) is 0 Å². The molecule has 4 rings (SSSR count). The van der Waals surface area contributed by atoms with Gasteiger partial charge in [-0.2, -0.15) is 0 Å². The third kappa shape index (κ3) is 5.29. The lowest BCUT2D eigenvalue weighted by Gasteiger charge is -2.36. The first kappa shape index (κ1) is 22.7. The summed E-state index contributed by atoms with van der Waals surface area (Å²) in [5, 5.41) is 1.42. The summed E-state index contributed by atoms with van der Waals surface area (Å²) < 4.78 is 55.8. The zero-order valence-electron chi connectivity index (χ0n) is 17.8. The largest absolute Gasteiger partial charge is 0.299 e. The van der Waals surface area contributed by atoms with Crippen molar-refractivity contribution >= 4 is 20.8 Å². The van der Waals surface area contributed by atoms with Crippen LogP contribution in [-0.4, -0.2) is 62.0 Å². The minimum Gasteiger partial charge on any atom is -0.299 e. The average Bonchev–Trinajstić information content (AvgIpc) is 2.76. The van der Waals surface area contributed by atoms with Crippen LogP contribution in [0.2, 0.25) is 0 Å². The summed E-state index contributed by atoms with van der Waals surface area (Å²) in [6.45, 7) is 5.80.